The Hall–Kier alpha value is -2.37. The Kier molecular flexibility index (Phi) is 4.66. The second-order valence-electron chi connectivity index (χ2n) is 7.19. The fourth-order valence-electron chi connectivity index (χ4n) is 3.84. The van der Waals surface area contributed by atoms with Crippen LogP contribution in [0.15, 0.2) is 47.5 Å². The van der Waals surface area contributed by atoms with Crippen LogP contribution >= 0.6 is 11.6 Å². The van der Waals surface area contributed by atoms with Crippen molar-refractivity contribution in [1.82, 2.24) is 9.55 Å². The van der Waals surface area contributed by atoms with Crippen molar-refractivity contribution < 1.29 is 4.74 Å². The first-order chi connectivity index (χ1) is 12.9. The summed E-state index contributed by atoms with van der Waals surface area (Å²) in [6.07, 6.45) is 3.81. The van der Waals surface area contributed by atoms with Gasteiger partial charge in [-0.3, -0.25) is 9.36 Å². The number of aryl methyl sites for hydroxylation is 1. The third-order valence-corrected chi connectivity index (χ3v) is 5.27. The number of hydrogen-bond donors (Lipinski definition) is 0. The number of rotatable bonds is 2. The van der Waals surface area contributed by atoms with Crippen molar-refractivity contribution in [3.8, 4) is 5.69 Å². The van der Waals surface area contributed by atoms with Crippen LogP contribution in [-0.4, -0.2) is 34.8 Å². The Balaban J connectivity index is 1.73. The Morgan fingerprint density at radius 3 is 2.37 bits per heavy atom. The van der Waals surface area contributed by atoms with Crippen LogP contribution in [0.5, 0.6) is 0 Å². The lowest BCUT2D eigenvalue weighted by Gasteiger charge is -2.36. The molecule has 2 atom stereocenters. The lowest BCUT2D eigenvalue weighted by molar-refractivity contribution is -0.00521. The topological polar surface area (TPSA) is 47.4 Å². The molecule has 0 bridgehead atoms. The van der Waals surface area contributed by atoms with Crippen LogP contribution in [0.1, 0.15) is 19.4 Å². The van der Waals surface area contributed by atoms with Gasteiger partial charge in [0.15, 0.2) is 0 Å². The molecule has 6 heteroatoms. The molecule has 1 fully saturated rings. The third-order valence-electron chi connectivity index (χ3n) is 4.98. The molecule has 0 unspecified atom stereocenters. The van der Waals surface area contributed by atoms with Gasteiger partial charge in [0, 0.05) is 42.2 Å². The fourth-order valence-corrected chi connectivity index (χ4v) is 4.15. The zero-order valence-electron chi connectivity index (χ0n) is 15.6. The number of benzene rings is 1. The van der Waals surface area contributed by atoms with Gasteiger partial charge in [0.05, 0.1) is 17.6 Å². The number of halogens is 1. The summed E-state index contributed by atoms with van der Waals surface area (Å²) in [4.78, 5) is 19.4. The number of aromatic nitrogens is 2. The van der Waals surface area contributed by atoms with Crippen LogP contribution in [-0.2, 0) is 4.74 Å². The molecular formula is C21H22ClN3O2. The minimum absolute atomic E-state index is 0.0960. The molecule has 1 saturated heterocycles. The lowest BCUT2D eigenvalue weighted by atomic mass is 10.1. The highest BCUT2D eigenvalue weighted by Crippen LogP contribution is 2.25. The van der Waals surface area contributed by atoms with Crippen molar-refractivity contribution in [3.63, 3.8) is 0 Å². The Bertz CT molecular complexity index is 1040. The summed E-state index contributed by atoms with van der Waals surface area (Å²) in [5.41, 5.74) is 2.79. The normalized spacial score (nSPS) is 20.2. The number of hydrogen-bond acceptors (Lipinski definition) is 4. The first-order valence-corrected chi connectivity index (χ1v) is 9.49. The molecule has 0 radical (unpaired) electrons. The van der Waals surface area contributed by atoms with Gasteiger partial charge in [-0.15, -0.1) is 0 Å². The van der Waals surface area contributed by atoms with E-state index in [9.17, 15) is 4.79 Å². The minimum atomic E-state index is -0.0960. The van der Waals surface area contributed by atoms with Crippen molar-refractivity contribution in [1.29, 1.82) is 0 Å². The highest BCUT2D eigenvalue weighted by molar-refractivity contribution is 6.34. The van der Waals surface area contributed by atoms with Crippen LogP contribution in [0.25, 0.3) is 16.5 Å². The van der Waals surface area contributed by atoms with Crippen molar-refractivity contribution in [2.24, 2.45) is 0 Å². The summed E-state index contributed by atoms with van der Waals surface area (Å²) in [5.74, 6) is 0. The molecule has 0 aliphatic carbocycles. The van der Waals surface area contributed by atoms with Crippen molar-refractivity contribution in [3.05, 3.63) is 63.8 Å². The molecular weight excluding hydrogens is 362 g/mol. The predicted molar refractivity (Wildman–Crippen MR) is 109 cm³/mol. The molecule has 4 rings (SSSR count). The highest BCUT2D eigenvalue weighted by atomic mass is 35.5. The minimum Gasteiger partial charge on any atom is -0.372 e. The Morgan fingerprint density at radius 2 is 1.70 bits per heavy atom. The lowest BCUT2D eigenvalue weighted by Crippen LogP contribution is -2.45. The average molecular weight is 384 g/mol. The Labute approximate surface area is 163 Å². The highest BCUT2D eigenvalue weighted by Gasteiger charge is 2.22. The van der Waals surface area contributed by atoms with Gasteiger partial charge in [-0.05, 0) is 56.7 Å². The van der Waals surface area contributed by atoms with E-state index in [0.717, 1.165) is 30.0 Å². The Morgan fingerprint density at radius 1 is 1.07 bits per heavy atom. The monoisotopic (exact) mass is 383 g/mol. The van der Waals surface area contributed by atoms with E-state index >= 15 is 0 Å². The van der Waals surface area contributed by atoms with Gasteiger partial charge in [0.2, 0.25) is 0 Å². The van der Waals surface area contributed by atoms with Gasteiger partial charge >= 0.3 is 0 Å². The number of morpholine rings is 1. The van der Waals surface area contributed by atoms with Crippen LogP contribution in [0.3, 0.4) is 0 Å². The molecule has 1 aromatic carbocycles. The van der Waals surface area contributed by atoms with E-state index in [0.29, 0.717) is 15.9 Å². The molecule has 0 amide bonds. The average Bonchev–Trinajstić information content (AvgIpc) is 2.64. The van der Waals surface area contributed by atoms with Gasteiger partial charge in [0.1, 0.15) is 5.15 Å². The van der Waals surface area contributed by atoms with Gasteiger partial charge in [-0.25, -0.2) is 4.98 Å². The maximum Gasteiger partial charge on any atom is 0.263 e. The van der Waals surface area contributed by atoms with Crippen LogP contribution < -0.4 is 10.5 Å². The van der Waals surface area contributed by atoms with Gasteiger partial charge in [-0.1, -0.05) is 11.6 Å². The molecule has 5 nitrogen and oxygen atoms in total. The zero-order valence-corrected chi connectivity index (χ0v) is 16.4. The van der Waals surface area contributed by atoms with E-state index in [1.54, 1.807) is 16.8 Å². The summed E-state index contributed by atoms with van der Waals surface area (Å²) < 4.78 is 7.48. The largest absolute Gasteiger partial charge is 0.372 e. The van der Waals surface area contributed by atoms with E-state index in [-0.39, 0.29) is 17.8 Å². The van der Waals surface area contributed by atoms with Crippen LogP contribution in [0, 0.1) is 6.92 Å². The maximum atomic E-state index is 13.0. The second kappa shape index (κ2) is 6.98. The molecule has 1 aliphatic heterocycles. The van der Waals surface area contributed by atoms with Gasteiger partial charge in [0.25, 0.3) is 5.56 Å². The first kappa shape index (κ1) is 18.0. The zero-order chi connectivity index (χ0) is 19.1. The van der Waals surface area contributed by atoms with E-state index in [2.05, 4.69) is 35.9 Å². The quantitative estimate of drug-likeness (QED) is 0.628. The maximum absolute atomic E-state index is 13.0. The number of fused-ring (bicyclic) bond motifs is 1. The molecule has 3 aromatic rings. The predicted octanol–water partition coefficient (Wildman–Crippen LogP) is 3.96. The summed E-state index contributed by atoms with van der Waals surface area (Å²) >= 11 is 6.19. The van der Waals surface area contributed by atoms with Crippen molar-refractivity contribution >= 4 is 28.1 Å². The molecule has 27 heavy (non-hydrogen) atoms. The second-order valence-corrected chi connectivity index (χ2v) is 7.55. The van der Waals surface area contributed by atoms with E-state index in [1.807, 2.05) is 25.3 Å². The van der Waals surface area contributed by atoms with Gasteiger partial charge < -0.3 is 9.64 Å². The standard InChI is InChI=1S/C21H22ClN3O2/c1-13-10-25(21(26)18-8-9-23-20(22)19(13)18)17-6-4-16(5-7-17)24-11-14(2)27-15(3)12-24/h4-10,14-15H,11-12H2,1-3H3/t14-,15+. The smallest absolute Gasteiger partial charge is 0.263 e. The van der Waals surface area contributed by atoms with Gasteiger partial charge in [-0.2, -0.15) is 0 Å². The summed E-state index contributed by atoms with van der Waals surface area (Å²) in [6.45, 7) is 7.86. The number of ether oxygens (including phenoxy) is 1. The van der Waals surface area contributed by atoms with Crippen LogP contribution in [0.2, 0.25) is 5.15 Å². The van der Waals surface area contributed by atoms with E-state index in [1.165, 1.54) is 0 Å². The summed E-state index contributed by atoms with van der Waals surface area (Å²) in [6, 6.07) is 9.81. The molecule has 0 saturated carbocycles. The molecule has 2 aromatic heterocycles. The first-order valence-electron chi connectivity index (χ1n) is 9.11. The number of anilines is 1. The molecule has 140 valence electrons. The van der Waals surface area contributed by atoms with E-state index in [4.69, 9.17) is 16.3 Å². The number of pyridine rings is 2. The third kappa shape index (κ3) is 3.33. The SMILES string of the molecule is Cc1cn(-c2ccc(N3C[C@@H](C)O[C@@H](C)C3)cc2)c(=O)c2ccnc(Cl)c12. The number of nitrogens with zero attached hydrogens (tertiary/aromatic N) is 3. The molecule has 1 aliphatic rings. The summed E-state index contributed by atoms with van der Waals surface area (Å²) in [5, 5.41) is 1.66. The van der Waals surface area contributed by atoms with E-state index < -0.39 is 0 Å². The van der Waals surface area contributed by atoms with Crippen molar-refractivity contribution in [2.75, 3.05) is 18.0 Å². The fraction of sp³-hybridized carbons (Fsp3) is 0.333. The molecule has 0 spiro atoms. The summed E-state index contributed by atoms with van der Waals surface area (Å²) in [7, 11) is 0. The van der Waals surface area contributed by atoms with Crippen molar-refractivity contribution in [2.45, 2.75) is 33.0 Å². The van der Waals surface area contributed by atoms with Crippen LogP contribution in [0.4, 0.5) is 5.69 Å². The molecule has 3 heterocycles. The molecule has 0 N–H and O–H groups in total.